The van der Waals surface area contributed by atoms with E-state index in [0.29, 0.717) is 16.9 Å². The summed E-state index contributed by atoms with van der Waals surface area (Å²) in [4.78, 5) is 12.9. The molecule has 0 aliphatic heterocycles. The topological polar surface area (TPSA) is 26.3 Å². The maximum absolute atomic E-state index is 12.9. The van der Waals surface area contributed by atoms with E-state index in [9.17, 15) is 4.79 Å². The molecule has 0 spiro atoms. The van der Waals surface area contributed by atoms with Gasteiger partial charge in [-0.25, -0.2) is 4.79 Å². The molecule has 1 aromatic rings. The molecule has 3 fully saturated rings. The van der Waals surface area contributed by atoms with E-state index in [1.807, 2.05) is 30.3 Å². The number of carbonyl (C=O) groups excluding carboxylic acids is 1. The van der Waals surface area contributed by atoms with Crippen molar-refractivity contribution in [2.75, 3.05) is 0 Å². The van der Waals surface area contributed by atoms with Crippen LogP contribution in [-0.2, 0) is 4.74 Å². The number of allylic oxidation sites excluding steroid dienone is 3. The lowest BCUT2D eigenvalue weighted by atomic mass is 9.47. The average Bonchev–Trinajstić information content (AvgIpc) is 3.11. The zero-order chi connectivity index (χ0) is 20.9. The van der Waals surface area contributed by atoms with Crippen LogP contribution >= 0.6 is 0 Å². The molecule has 1 aromatic carbocycles. The molecule has 4 aliphatic rings. The molecule has 0 bridgehead atoms. The summed E-state index contributed by atoms with van der Waals surface area (Å²) < 4.78 is 6.16. The molecule has 0 radical (unpaired) electrons. The van der Waals surface area contributed by atoms with E-state index in [4.69, 9.17) is 4.74 Å². The van der Waals surface area contributed by atoms with Crippen LogP contribution in [0, 0.1) is 34.5 Å². The zero-order valence-corrected chi connectivity index (χ0v) is 18.8. The van der Waals surface area contributed by atoms with Crippen LogP contribution in [0.1, 0.15) is 82.5 Å². The first kappa shape index (κ1) is 20.1. The Hall–Kier alpha value is -1.83. The summed E-state index contributed by atoms with van der Waals surface area (Å²) in [5.74, 6) is 3.81. The van der Waals surface area contributed by atoms with Gasteiger partial charge in [-0.2, -0.15) is 0 Å². The predicted octanol–water partition coefficient (Wildman–Crippen LogP) is 7.33. The molecule has 0 amide bonds. The summed E-state index contributed by atoms with van der Waals surface area (Å²) in [5.41, 5.74) is 2.57. The van der Waals surface area contributed by atoms with E-state index in [0.717, 1.165) is 29.9 Å². The van der Waals surface area contributed by atoms with Crippen molar-refractivity contribution in [3.05, 3.63) is 59.4 Å². The fourth-order valence-electron chi connectivity index (χ4n) is 8.06. The SMILES string of the molecule is CC[C@H]1CC[C@H]2[C@@H]3CCC4=CCC=C(OC(=O)c5ccccc5)[C@]4(C)[C@H]3CC[C@]12C. The van der Waals surface area contributed by atoms with E-state index in [1.165, 1.54) is 50.5 Å². The molecular weight excluding hydrogens is 368 g/mol. The summed E-state index contributed by atoms with van der Waals surface area (Å²) in [5, 5.41) is 0. The third kappa shape index (κ3) is 2.86. The van der Waals surface area contributed by atoms with E-state index < -0.39 is 0 Å². The molecule has 6 atom stereocenters. The van der Waals surface area contributed by atoms with E-state index >= 15 is 0 Å². The van der Waals surface area contributed by atoms with Gasteiger partial charge in [0.2, 0.25) is 0 Å². The molecule has 2 nitrogen and oxygen atoms in total. The van der Waals surface area contributed by atoms with E-state index in [1.54, 1.807) is 0 Å². The van der Waals surface area contributed by atoms with E-state index in [-0.39, 0.29) is 11.4 Å². The lowest BCUT2D eigenvalue weighted by Gasteiger charge is -2.58. The van der Waals surface area contributed by atoms with Crippen LogP contribution in [0.25, 0.3) is 0 Å². The standard InChI is InChI=1S/C28H36O2/c1-4-20-14-16-23-22-15-13-21-11-8-12-25(30-26(29)19-9-6-5-7-10-19)28(21,3)24(22)17-18-27(20,23)2/h5-7,9-12,20,22-24H,4,8,13-18H2,1-3H3/t20-,22-,23-,24-,27+,28-/m0/s1. The van der Waals surface area contributed by atoms with Gasteiger partial charge >= 0.3 is 5.97 Å². The highest BCUT2D eigenvalue weighted by atomic mass is 16.5. The smallest absolute Gasteiger partial charge is 0.343 e. The van der Waals surface area contributed by atoms with E-state index in [2.05, 4.69) is 32.9 Å². The molecule has 0 N–H and O–H groups in total. The highest BCUT2D eigenvalue weighted by molar-refractivity contribution is 5.90. The van der Waals surface area contributed by atoms with Crippen LogP contribution in [0.5, 0.6) is 0 Å². The number of benzene rings is 1. The molecule has 160 valence electrons. The molecular formula is C28H36O2. The van der Waals surface area contributed by atoms with Crippen molar-refractivity contribution in [3.63, 3.8) is 0 Å². The van der Waals surface area contributed by atoms with Gasteiger partial charge in [-0.1, -0.05) is 50.1 Å². The maximum Gasteiger partial charge on any atom is 0.343 e. The number of carbonyl (C=O) groups is 1. The Morgan fingerprint density at radius 3 is 2.60 bits per heavy atom. The Kier molecular flexibility index (Phi) is 4.95. The van der Waals surface area contributed by atoms with Gasteiger partial charge in [0.1, 0.15) is 5.76 Å². The van der Waals surface area contributed by atoms with Gasteiger partial charge in [-0.15, -0.1) is 0 Å². The van der Waals surface area contributed by atoms with Crippen molar-refractivity contribution in [1.82, 2.24) is 0 Å². The van der Waals surface area contributed by atoms with Crippen molar-refractivity contribution >= 4 is 5.97 Å². The summed E-state index contributed by atoms with van der Waals surface area (Å²) >= 11 is 0. The molecule has 3 saturated carbocycles. The highest BCUT2D eigenvalue weighted by Crippen LogP contribution is 2.67. The predicted molar refractivity (Wildman–Crippen MR) is 121 cm³/mol. The van der Waals surface area contributed by atoms with Gasteiger partial charge in [-0.05, 0) is 99.2 Å². The number of ether oxygens (including phenoxy) is 1. The van der Waals surface area contributed by atoms with Crippen molar-refractivity contribution in [1.29, 1.82) is 0 Å². The highest BCUT2D eigenvalue weighted by Gasteiger charge is 2.59. The molecule has 0 heterocycles. The first-order chi connectivity index (χ1) is 14.5. The van der Waals surface area contributed by atoms with Gasteiger partial charge in [-0.3, -0.25) is 0 Å². The quantitative estimate of drug-likeness (QED) is 0.389. The second-order valence-corrected chi connectivity index (χ2v) is 10.6. The van der Waals surface area contributed by atoms with Crippen LogP contribution in [0.15, 0.2) is 53.8 Å². The number of rotatable bonds is 3. The third-order valence-corrected chi connectivity index (χ3v) is 9.67. The van der Waals surface area contributed by atoms with Crippen molar-refractivity contribution in [2.24, 2.45) is 34.5 Å². The normalized spacial score (nSPS) is 39.8. The van der Waals surface area contributed by atoms with Crippen molar-refractivity contribution < 1.29 is 9.53 Å². The molecule has 5 rings (SSSR count). The van der Waals surface area contributed by atoms with Gasteiger partial charge in [0.05, 0.1) is 5.56 Å². The number of hydrogen-bond acceptors (Lipinski definition) is 2. The number of esters is 1. The zero-order valence-electron chi connectivity index (χ0n) is 18.8. The summed E-state index contributed by atoms with van der Waals surface area (Å²) in [6.45, 7) is 7.36. The summed E-state index contributed by atoms with van der Waals surface area (Å²) in [6, 6.07) is 9.45. The first-order valence-corrected chi connectivity index (χ1v) is 12.2. The Bertz CT molecular complexity index is 881. The average molecular weight is 405 g/mol. The van der Waals surface area contributed by atoms with Crippen LogP contribution in [0.2, 0.25) is 0 Å². The molecule has 0 aromatic heterocycles. The minimum absolute atomic E-state index is 0.114. The number of fused-ring (bicyclic) bond motifs is 5. The minimum atomic E-state index is -0.209. The summed E-state index contributed by atoms with van der Waals surface area (Å²) in [7, 11) is 0. The largest absolute Gasteiger partial charge is 0.427 e. The lowest BCUT2D eigenvalue weighted by molar-refractivity contribution is -0.0493. The van der Waals surface area contributed by atoms with Crippen LogP contribution in [0.3, 0.4) is 0 Å². The number of hydrogen-bond donors (Lipinski definition) is 0. The van der Waals surface area contributed by atoms with Gasteiger partial charge < -0.3 is 4.74 Å². The molecule has 4 aliphatic carbocycles. The van der Waals surface area contributed by atoms with Gasteiger partial charge in [0.15, 0.2) is 0 Å². The Labute approximate surface area is 181 Å². The fourth-order valence-corrected chi connectivity index (χ4v) is 8.06. The molecule has 0 unspecified atom stereocenters. The summed E-state index contributed by atoms with van der Waals surface area (Å²) in [6.07, 6.45) is 14.7. The first-order valence-electron chi connectivity index (χ1n) is 12.2. The van der Waals surface area contributed by atoms with Crippen LogP contribution in [-0.4, -0.2) is 5.97 Å². The lowest BCUT2D eigenvalue weighted by Crippen LogP contribution is -2.51. The van der Waals surface area contributed by atoms with Crippen LogP contribution < -0.4 is 0 Å². The molecule has 0 saturated heterocycles. The molecule has 2 heteroatoms. The van der Waals surface area contributed by atoms with Gasteiger partial charge in [0, 0.05) is 5.41 Å². The van der Waals surface area contributed by atoms with Crippen molar-refractivity contribution in [2.45, 2.75) is 72.1 Å². The fraction of sp³-hybridized carbons (Fsp3) is 0.607. The Morgan fingerprint density at radius 2 is 1.83 bits per heavy atom. The Balaban J connectivity index is 1.45. The minimum Gasteiger partial charge on any atom is -0.427 e. The van der Waals surface area contributed by atoms with Crippen LogP contribution in [0.4, 0.5) is 0 Å². The Morgan fingerprint density at radius 1 is 1.03 bits per heavy atom. The van der Waals surface area contributed by atoms with Crippen molar-refractivity contribution in [3.8, 4) is 0 Å². The third-order valence-electron chi connectivity index (χ3n) is 9.67. The second kappa shape index (κ2) is 7.39. The second-order valence-electron chi connectivity index (χ2n) is 10.6. The maximum atomic E-state index is 12.9. The van der Waals surface area contributed by atoms with Gasteiger partial charge in [0.25, 0.3) is 0 Å². The molecule has 30 heavy (non-hydrogen) atoms. The monoisotopic (exact) mass is 404 g/mol.